The molecule has 3 atom stereocenters. The van der Waals surface area contributed by atoms with E-state index in [1.807, 2.05) is 30.3 Å². The number of rotatable bonds is 3. The normalized spacial score (nSPS) is 21.2. The second kappa shape index (κ2) is 7.09. The maximum absolute atomic E-state index is 13.7. The molecule has 3 aromatic rings. The highest BCUT2D eigenvalue weighted by Crippen LogP contribution is 2.45. The molecule has 1 aromatic heterocycles. The topological polar surface area (TPSA) is 75.4 Å². The van der Waals surface area contributed by atoms with E-state index in [2.05, 4.69) is 5.10 Å². The van der Waals surface area contributed by atoms with Crippen LogP contribution in [0.5, 0.6) is 5.75 Å². The number of fused-ring (bicyclic) bond motifs is 2. The number of nitrogens with zero attached hydrogens (tertiary/aromatic N) is 3. The third-order valence-electron chi connectivity index (χ3n) is 6.15. The first-order valence-corrected chi connectivity index (χ1v) is 9.98. The van der Waals surface area contributed by atoms with Crippen molar-refractivity contribution >= 4 is 5.91 Å². The van der Waals surface area contributed by atoms with Crippen molar-refractivity contribution in [1.29, 1.82) is 0 Å². The second-order valence-corrected chi connectivity index (χ2v) is 7.79. The number of hydrogen-bond acceptors (Lipinski definition) is 4. The Morgan fingerprint density at radius 3 is 2.47 bits per heavy atom. The van der Waals surface area contributed by atoms with Gasteiger partial charge in [0.15, 0.2) is 11.4 Å². The first-order chi connectivity index (χ1) is 14.6. The summed E-state index contributed by atoms with van der Waals surface area (Å²) in [5, 5.41) is 14.7. The minimum absolute atomic E-state index is 0.0753. The van der Waals surface area contributed by atoms with Gasteiger partial charge in [-0.25, -0.2) is 4.39 Å². The first kappa shape index (κ1) is 18.5. The Morgan fingerprint density at radius 2 is 1.73 bits per heavy atom. The molecule has 3 heterocycles. The highest BCUT2D eigenvalue weighted by molar-refractivity contribution is 5.96. The maximum Gasteiger partial charge on any atom is 0.276 e. The fourth-order valence-corrected chi connectivity index (χ4v) is 4.86. The molecule has 5 rings (SSSR count). The van der Waals surface area contributed by atoms with Crippen LogP contribution in [0.2, 0.25) is 0 Å². The average molecular weight is 405 g/mol. The van der Waals surface area contributed by atoms with E-state index < -0.39 is 11.2 Å². The Hall–Kier alpha value is -3.48. The first-order valence-electron chi connectivity index (χ1n) is 9.98. The molecule has 2 aromatic carbocycles. The van der Waals surface area contributed by atoms with Gasteiger partial charge in [0.25, 0.3) is 5.91 Å². The van der Waals surface area contributed by atoms with Crippen molar-refractivity contribution in [2.45, 2.75) is 30.8 Å². The number of aromatic nitrogens is 2. The number of aromatic hydroxyl groups is 1. The van der Waals surface area contributed by atoms with E-state index in [0.717, 1.165) is 30.2 Å². The van der Waals surface area contributed by atoms with Crippen LogP contribution < -0.4 is 5.43 Å². The van der Waals surface area contributed by atoms with Gasteiger partial charge in [0.05, 0.1) is 18.3 Å². The van der Waals surface area contributed by atoms with Crippen molar-refractivity contribution < 1.29 is 14.3 Å². The van der Waals surface area contributed by atoms with Gasteiger partial charge in [0.1, 0.15) is 5.82 Å². The predicted octanol–water partition coefficient (Wildman–Crippen LogP) is 3.08. The van der Waals surface area contributed by atoms with Crippen LogP contribution in [0.25, 0.3) is 0 Å². The van der Waals surface area contributed by atoms with Gasteiger partial charge in [-0.05, 0) is 36.1 Å². The second-order valence-electron chi connectivity index (χ2n) is 7.79. The molecule has 1 amide bonds. The molecule has 1 N–H and O–H groups in total. The third kappa shape index (κ3) is 2.81. The minimum Gasteiger partial charge on any atom is -0.502 e. The van der Waals surface area contributed by atoms with Crippen LogP contribution in [0.15, 0.2) is 65.6 Å². The standard InChI is InChI=1S/C23H20FN3O3/c24-16-10-8-15(9-11-16)19(14-5-2-1-3-6-14)20-17-7-4-12-26(17)23(30)21-22(29)18(28)13-25-27(20)21/h1-3,5-6,8-11,13,17,19-20,29H,4,7,12H2/t17-,19-,20-/m1/s1. The molecule has 30 heavy (non-hydrogen) atoms. The SMILES string of the molecule is O=C1c2c(O)c(=O)cnn2[C@@H]([C@H](c2ccccc2)c2ccc(F)cc2)[C@H]2CCCN12. The lowest BCUT2D eigenvalue weighted by Gasteiger charge is -2.42. The summed E-state index contributed by atoms with van der Waals surface area (Å²) in [7, 11) is 0. The van der Waals surface area contributed by atoms with Gasteiger partial charge >= 0.3 is 0 Å². The summed E-state index contributed by atoms with van der Waals surface area (Å²) >= 11 is 0. The maximum atomic E-state index is 13.7. The Morgan fingerprint density at radius 1 is 1.03 bits per heavy atom. The number of benzene rings is 2. The van der Waals surface area contributed by atoms with Gasteiger partial charge < -0.3 is 10.0 Å². The molecule has 0 spiro atoms. The fourth-order valence-electron chi connectivity index (χ4n) is 4.86. The lowest BCUT2D eigenvalue weighted by molar-refractivity contribution is 0.0565. The van der Waals surface area contributed by atoms with Crippen LogP contribution in [0.3, 0.4) is 0 Å². The molecule has 1 saturated heterocycles. The lowest BCUT2D eigenvalue weighted by atomic mass is 9.80. The molecular formula is C23H20FN3O3. The molecule has 1 fully saturated rings. The summed E-state index contributed by atoms with van der Waals surface area (Å²) in [6.45, 7) is 0.563. The smallest absolute Gasteiger partial charge is 0.276 e. The molecule has 2 aliphatic rings. The van der Waals surface area contributed by atoms with E-state index >= 15 is 0 Å². The van der Waals surface area contributed by atoms with Crippen molar-refractivity contribution in [1.82, 2.24) is 14.7 Å². The lowest BCUT2D eigenvalue weighted by Crippen LogP contribution is -2.50. The quantitative estimate of drug-likeness (QED) is 0.727. The van der Waals surface area contributed by atoms with Crippen LogP contribution in [0.4, 0.5) is 4.39 Å². The summed E-state index contributed by atoms with van der Waals surface area (Å²) in [6.07, 6.45) is 2.67. The van der Waals surface area contributed by atoms with E-state index in [9.17, 15) is 19.1 Å². The largest absolute Gasteiger partial charge is 0.502 e. The number of carbonyl (C=O) groups is 1. The zero-order chi connectivity index (χ0) is 20.8. The van der Waals surface area contributed by atoms with Gasteiger partial charge in [-0.1, -0.05) is 42.5 Å². The van der Waals surface area contributed by atoms with E-state index in [-0.39, 0.29) is 35.4 Å². The van der Waals surface area contributed by atoms with E-state index in [0.29, 0.717) is 6.54 Å². The number of carbonyl (C=O) groups excluding carboxylic acids is 1. The summed E-state index contributed by atoms with van der Waals surface area (Å²) in [6, 6.07) is 15.6. The van der Waals surface area contributed by atoms with Gasteiger partial charge in [-0.3, -0.25) is 14.3 Å². The van der Waals surface area contributed by atoms with Crippen molar-refractivity contribution in [3.63, 3.8) is 0 Å². The van der Waals surface area contributed by atoms with Crippen LogP contribution in [-0.4, -0.2) is 38.3 Å². The van der Waals surface area contributed by atoms with Crippen molar-refractivity contribution in [3.8, 4) is 5.75 Å². The van der Waals surface area contributed by atoms with Gasteiger partial charge in [0.2, 0.25) is 5.43 Å². The van der Waals surface area contributed by atoms with Crippen LogP contribution >= 0.6 is 0 Å². The minimum atomic E-state index is -0.677. The molecule has 7 heteroatoms. The Bertz CT molecular complexity index is 1160. The van der Waals surface area contributed by atoms with Crippen molar-refractivity contribution in [3.05, 3.63) is 93.7 Å². The van der Waals surface area contributed by atoms with Crippen LogP contribution in [-0.2, 0) is 0 Å². The summed E-state index contributed by atoms with van der Waals surface area (Å²) in [5.41, 5.74) is 1.11. The van der Waals surface area contributed by atoms with Crippen molar-refractivity contribution in [2.75, 3.05) is 6.54 Å². The zero-order valence-electron chi connectivity index (χ0n) is 16.1. The number of hydrogen-bond donors (Lipinski definition) is 1. The zero-order valence-corrected chi connectivity index (χ0v) is 16.1. The summed E-state index contributed by atoms with van der Waals surface area (Å²) in [5.74, 6) is -1.52. The van der Waals surface area contributed by atoms with Crippen molar-refractivity contribution in [2.24, 2.45) is 0 Å². The summed E-state index contributed by atoms with van der Waals surface area (Å²) < 4.78 is 15.2. The van der Waals surface area contributed by atoms with Gasteiger partial charge in [0, 0.05) is 12.5 Å². The van der Waals surface area contributed by atoms with Gasteiger partial charge in [-0.15, -0.1) is 0 Å². The molecule has 0 radical (unpaired) electrons. The molecule has 0 aliphatic carbocycles. The Kier molecular flexibility index (Phi) is 4.38. The van der Waals surface area contributed by atoms with Crippen LogP contribution in [0, 0.1) is 5.82 Å². The molecule has 152 valence electrons. The number of amides is 1. The highest BCUT2D eigenvalue weighted by Gasteiger charge is 2.47. The predicted molar refractivity (Wildman–Crippen MR) is 108 cm³/mol. The number of halogens is 1. The molecule has 0 unspecified atom stereocenters. The van der Waals surface area contributed by atoms with E-state index in [1.165, 1.54) is 16.8 Å². The van der Waals surface area contributed by atoms with Gasteiger partial charge in [-0.2, -0.15) is 5.10 Å². The highest BCUT2D eigenvalue weighted by atomic mass is 19.1. The molecular weight excluding hydrogens is 385 g/mol. The molecule has 0 saturated carbocycles. The molecule has 6 nitrogen and oxygen atoms in total. The average Bonchev–Trinajstić information content (AvgIpc) is 3.25. The van der Waals surface area contributed by atoms with E-state index in [4.69, 9.17) is 0 Å². The Labute approximate surface area is 172 Å². The third-order valence-corrected chi connectivity index (χ3v) is 6.15. The molecule has 0 bridgehead atoms. The van der Waals surface area contributed by atoms with E-state index in [1.54, 1.807) is 17.0 Å². The van der Waals surface area contributed by atoms with Crippen LogP contribution in [0.1, 0.15) is 46.4 Å². The summed E-state index contributed by atoms with van der Waals surface area (Å²) in [4.78, 5) is 26.9. The monoisotopic (exact) mass is 405 g/mol. The fraction of sp³-hybridized carbons (Fsp3) is 0.261. The molecule has 2 aliphatic heterocycles. The Balaban J connectivity index is 1.77.